The third-order valence-corrected chi connectivity index (χ3v) is 3.98. The van der Waals surface area contributed by atoms with Crippen molar-refractivity contribution in [2.75, 3.05) is 13.1 Å². The molecule has 4 nitrogen and oxygen atoms in total. The van der Waals surface area contributed by atoms with Crippen molar-refractivity contribution in [3.05, 3.63) is 0 Å². The van der Waals surface area contributed by atoms with Gasteiger partial charge < -0.3 is 10.6 Å². The molecule has 22 heavy (non-hydrogen) atoms. The molecule has 1 fully saturated rings. The standard InChI is InChI=1S/C12H22N2O2.C6H14/c13-11(15)7-3-4-8-12(16)14-9-5-1-2-6-10-14;1-3-5-6-4-2/h1-10H2,(H2,13,15);3-6H2,1-2H3. The zero-order valence-electron chi connectivity index (χ0n) is 14.7. The van der Waals surface area contributed by atoms with Crippen LogP contribution in [0.1, 0.15) is 90.9 Å². The van der Waals surface area contributed by atoms with Gasteiger partial charge in [-0.05, 0) is 25.7 Å². The summed E-state index contributed by atoms with van der Waals surface area (Å²) in [5.41, 5.74) is 5.04. The first kappa shape index (κ1) is 20.9. The number of primary amides is 1. The first-order valence-electron chi connectivity index (χ1n) is 9.17. The van der Waals surface area contributed by atoms with E-state index < -0.39 is 0 Å². The smallest absolute Gasteiger partial charge is 0.222 e. The Morgan fingerprint density at radius 1 is 0.818 bits per heavy atom. The molecule has 0 aromatic rings. The van der Waals surface area contributed by atoms with Crippen molar-refractivity contribution >= 4 is 11.8 Å². The molecule has 1 heterocycles. The third-order valence-electron chi connectivity index (χ3n) is 3.98. The largest absolute Gasteiger partial charge is 0.370 e. The molecule has 1 saturated heterocycles. The number of nitrogens with zero attached hydrogens (tertiary/aromatic N) is 1. The molecular weight excluding hydrogens is 276 g/mol. The molecule has 0 aliphatic carbocycles. The maximum absolute atomic E-state index is 11.8. The Kier molecular flexibility index (Phi) is 14.1. The summed E-state index contributed by atoms with van der Waals surface area (Å²) in [6.45, 7) is 6.29. The van der Waals surface area contributed by atoms with E-state index in [4.69, 9.17) is 5.73 Å². The molecular formula is C18H36N2O2. The predicted octanol–water partition coefficient (Wildman–Crippen LogP) is 4.02. The van der Waals surface area contributed by atoms with E-state index in [9.17, 15) is 9.59 Å². The van der Waals surface area contributed by atoms with Crippen LogP contribution in [-0.2, 0) is 9.59 Å². The van der Waals surface area contributed by atoms with Gasteiger partial charge in [0.1, 0.15) is 0 Å². The number of carbonyl (C=O) groups excluding carboxylic acids is 2. The summed E-state index contributed by atoms with van der Waals surface area (Å²) < 4.78 is 0. The van der Waals surface area contributed by atoms with Gasteiger partial charge in [-0.15, -0.1) is 0 Å². The summed E-state index contributed by atoms with van der Waals surface area (Å²) in [4.78, 5) is 24.3. The van der Waals surface area contributed by atoms with Gasteiger partial charge in [-0.25, -0.2) is 0 Å². The Labute approximate surface area is 136 Å². The molecule has 0 atom stereocenters. The van der Waals surface area contributed by atoms with Crippen molar-refractivity contribution in [3.8, 4) is 0 Å². The van der Waals surface area contributed by atoms with Gasteiger partial charge in [-0.2, -0.15) is 0 Å². The summed E-state index contributed by atoms with van der Waals surface area (Å²) in [7, 11) is 0. The van der Waals surface area contributed by atoms with Crippen LogP contribution < -0.4 is 5.73 Å². The molecule has 1 aliphatic rings. The van der Waals surface area contributed by atoms with Crippen LogP contribution in [0.4, 0.5) is 0 Å². The van der Waals surface area contributed by atoms with Crippen LogP contribution in [0.3, 0.4) is 0 Å². The molecule has 0 aromatic heterocycles. The minimum absolute atomic E-state index is 0.242. The second-order valence-electron chi connectivity index (χ2n) is 6.18. The van der Waals surface area contributed by atoms with Crippen LogP contribution in [0.25, 0.3) is 0 Å². The first-order valence-corrected chi connectivity index (χ1v) is 9.17. The van der Waals surface area contributed by atoms with E-state index in [1.807, 2.05) is 4.90 Å². The molecule has 4 heteroatoms. The van der Waals surface area contributed by atoms with E-state index in [0.29, 0.717) is 12.8 Å². The molecule has 130 valence electrons. The molecule has 0 radical (unpaired) electrons. The number of hydrogen-bond acceptors (Lipinski definition) is 2. The zero-order valence-corrected chi connectivity index (χ0v) is 14.7. The van der Waals surface area contributed by atoms with Crippen molar-refractivity contribution in [2.24, 2.45) is 5.73 Å². The van der Waals surface area contributed by atoms with Crippen LogP contribution in [0.5, 0.6) is 0 Å². The minimum Gasteiger partial charge on any atom is -0.370 e. The van der Waals surface area contributed by atoms with Crippen LogP contribution in [0.15, 0.2) is 0 Å². The topological polar surface area (TPSA) is 63.4 Å². The molecule has 2 N–H and O–H groups in total. The van der Waals surface area contributed by atoms with Crippen LogP contribution in [0, 0.1) is 0 Å². The number of carbonyl (C=O) groups is 2. The summed E-state index contributed by atoms with van der Waals surface area (Å²) >= 11 is 0. The van der Waals surface area contributed by atoms with Gasteiger partial charge in [0.15, 0.2) is 0 Å². The van der Waals surface area contributed by atoms with Gasteiger partial charge in [-0.3, -0.25) is 9.59 Å². The Morgan fingerprint density at radius 3 is 1.77 bits per heavy atom. The lowest BCUT2D eigenvalue weighted by Crippen LogP contribution is -2.31. The van der Waals surface area contributed by atoms with Crippen molar-refractivity contribution < 1.29 is 9.59 Å². The van der Waals surface area contributed by atoms with Gasteiger partial charge in [0.05, 0.1) is 0 Å². The number of nitrogens with two attached hydrogens (primary N) is 1. The van der Waals surface area contributed by atoms with Gasteiger partial charge >= 0.3 is 0 Å². The average Bonchev–Trinajstić information content (AvgIpc) is 2.79. The van der Waals surface area contributed by atoms with Crippen molar-refractivity contribution in [1.29, 1.82) is 0 Å². The molecule has 0 bridgehead atoms. The minimum atomic E-state index is -0.276. The highest BCUT2D eigenvalue weighted by atomic mass is 16.2. The summed E-state index contributed by atoms with van der Waals surface area (Å²) in [6, 6.07) is 0. The maximum Gasteiger partial charge on any atom is 0.222 e. The quantitative estimate of drug-likeness (QED) is 0.688. The predicted molar refractivity (Wildman–Crippen MR) is 92.5 cm³/mol. The SMILES string of the molecule is CCCCCC.NC(=O)CCCCC(=O)N1CCCCCC1. The fourth-order valence-corrected chi connectivity index (χ4v) is 2.55. The van der Waals surface area contributed by atoms with E-state index in [1.165, 1.54) is 38.5 Å². The summed E-state index contributed by atoms with van der Waals surface area (Å²) in [6.07, 6.45) is 12.7. The van der Waals surface area contributed by atoms with Gasteiger partial charge in [0.25, 0.3) is 0 Å². The molecule has 0 spiro atoms. The van der Waals surface area contributed by atoms with Gasteiger partial charge in [-0.1, -0.05) is 52.4 Å². The first-order chi connectivity index (χ1) is 10.6. The summed E-state index contributed by atoms with van der Waals surface area (Å²) in [5, 5.41) is 0. The van der Waals surface area contributed by atoms with E-state index in [-0.39, 0.29) is 11.8 Å². The second kappa shape index (κ2) is 14.9. The molecule has 1 rings (SSSR count). The van der Waals surface area contributed by atoms with Crippen molar-refractivity contribution in [3.63, 3.8) is 0 Å². The highest BCUT2D eigenvalue weighted by Crippen LogP contribution is 2.12. The van der Waals surface area contributed by atoms with E-state index in [2.05, 4.69) is 13.8 Å². The summed E-state index contributed by atoms with van der Waals surface area (Å²) in [5.74, 6) is -0.0337. The van der Waals surface area contributed by atoms with E-state index in [0.717, 1.165) is 38.8 Å². The molecule has 0 saturated carbocycles. The average molecular weight is 312 g/mol. The van der Waals surface area contributed by atoms with Gasteiger partial charge in [0.2, 0.25) is 11.8 Å². The number of rotatable bonds is 8. The lowest BCUT2D eigenvalue weighted by Gasteiger charge is -2.20. The second-order valence-corrected chi connectivity index (χ2v) is 6.18. The Bertz CT molecular complexity index is 281. The van der Waals surface area contributed by atoms with E-state index >= 15 is 0 Å². The van der Waals surface area contributed by atoms with Crippen molar-refractivity contribution in [1.82, 2.24) is 4.90 Å². The lowest BCUT2D eigenvalue weighted by atomic mass is 10.1. The van der Waals surface area contributed by atoms with E-state index in [1.54, 1.807) is 0 Å². The molecule has 0 aromatic carbocycles. The Morgan fingerprint density at radius 2 is 1.32 bits per heavy atom. The maximum atomic E-state index is 11.8. The fourth-order valence-electron chi connectivity index (χ4n) is 2.55. The van der Waals surface area contributed by atoms with Crippen molar-refractivity contribution in [2.45, 2.75) is 90.9 Å². The third kappa shape index (κ3) is 12.7. The monoisotopic (exact) mass is 312 g/mol. The van der Waals surface area contributed by atoms with Crippen LogP contribution >= 0.6 is 0 Å². The molecule has 1 aliphatic heterocycles. The fraction of sp³-hybridized carbons (Fsp3) is 0.889. The number of unbranched alkanes of at least 4 members (excludes halogenated alkanes) is 4. The zero-order chi connectivity index (χ0) is 16.6. The van der Waals surface area contributed by atoms with Crippen LogP contribution in [0.2, 0.25) is 0 Å². The highest BCUT2D eigenvalue weighted by molar-refractivity contribution is 5.76. The van der Waals surface area contributed by atoms with Crippen LogP contribution in [-0.4, -0.2) is 29.8 Å². The molecule has 0 unspecified atom stereocenters. The highest BCUT2D eigenvalue weighted by Gasteiger charge is 2.14. The number of amides is 2. The Hall–Kier alpha value is -1.06. The number of hydrogen-bond donors (Lipinski definition) is 1. The normalized spacial score (nSPS) is 14.7. The number of likely N-dealkylation sites (tertiary alicyclic amines) is 1. The van der Waals surface area contributed by atoms with Gasteiger partial charge in [0, 0.05) is 25.9 Å². The lowest BCUT2D eigenvalue weighted by molar-refractivity contribution is -0.131. The Balaban J connectivity index is 0.000000626. The molecule has 2 amide bonds.